The number of ether oxygens (including phenoxy) is 1. The predicted molar refractivity (Wildman–Crippen MR) is 99.0 cm³/mol. The Kier molecular flexibility index (Phi) is 6.75. The van der Waals surface area contributed by atoms with Gasteiger partial charge in [0.15, 0.2) is 0 Å². The standard InChI is InChI=1S/C16H16Cl2N2O4S/c1-3-4-19-13(21)8-20-15(22)12(25-16(20)23)6-9-5-10(17)7-11(18)14(9)24-2/h5-7H,3-4,8H2,1-2H3,(H,19,21)/b12-6-. The second kappa shape index (κ2) is 8.60. The van der Waals surface area contributed by atoms with E-state index < -0.39 is 11.1 Å². The second-order valence-corrected chi connectivity index (χ2v) is 6.96. The van der Waals surface area contributed by atoms with Crippen molar-refractivity contribution >= 4 is 58.1 Å². The maximum Gasteiger partial charge on any atom is 0.294 e. The van der Waals surface area contributed by atoms with Gasteiger partial charge in [-0.2, -0.15) is 0 Å². The quantitative estimate of drug-likeness (QED) is 0.736. The third-order valence-corrected chi connectivity index (χ3v) is 4.68. The summed E-state index contributed by atoms with van der Waals surface area (Å²) in [5.74, 6) is -0.577. The number of hydrogen-bond donors (Lipinski definition) is 1. The number of benzene rings is 1. The minimum Gasteiger partial charge on any atom is -0.495 e. The molecule has 0 atom stereocenters. The minimum absolute atomic E-state index is 0.171. The third-order valence-electron chi connectivity index (χ3n) is 3.28. The number of hydrogen-bond acceptors (Lipinski definition) is 5. The first-order valence-corrected chi connectivity index (χ1v) is 8.99. The number of imide groups is 1. The molecule has 1 fully saturated rings. The van der Waals surface area contributed by atoms with Crippen LogP contribution in [0.4, 0.5) is 4.79 Å². The van der Waals surface area contributed by atoms with Gasteiger partial charge in [0.05, 0.1) is 17.0 Å². The number of thioether (sulfide) groups is 1. The van der Waals surface area contributed by atoms with Crippen LogP contribution in [0.1, 0.15) is 18.9 Å². The lowest BCUT2D eigenvalue weighted by atomic mass is 10.2. The van der Waals surface area contributed by atoms with Gasteiger partial charge < -0.3 is 10.1 Å². The van der Waals surface area contributed by atoms with Crippen molar-refractivity contribution in [2.45, 2.75) is 13.3 Å². The molecule has 0 spiro atoms. The summed E-state index contributed by atoms with van der Waals surface area (Å²) in [6.07, 6.45) is 2.24. The van der Waals surface area contributed by atoms with Crippen molar-refractivity contribution < 1.29 is 19.1 Å². The summed E-state index contributed by atoms with van der Waals surface area (Å²) in [5.41, 5.74) is 0.473. The topological polar surface area (TPSA) is 75.7 Å². The van der Waals surface area contributed by atoms with Crippen molar-refractivity contribution in [2.75, 3.05) is 20.2 Å². The van der Waals surface area contributed by atoms with Crippen LogP contribution in [-0.2, 0) is 9.59 Å². The molecule has 6 nitrogen and oxygen atoms in total. The lowest BCUT2D eigenvalue weighted by Gasteiger charge is -2.12. The molecular weight excluding hydrogens is 387 g/mol. The van der Waals surface area contributed by atoms with Gasteiger partial charge in [-0.05, 0) is 36.4 Å². The van der Waals surface area contributed by atoms with Gasteiger partial charge in [0.1, 0.15) is 12.3 Å². The zero-order chi connectivity index (χ0) is 18.6. The predicted octanol–water partition coefficient (Wildman–Crippen LogP) is 3.56. The van der Waals surface area contributed by atoms with Crippen molar-refractivity contribution in [3.8, 4) is 5.75 Å². The SMILES string of the molecule is CCCNC(=O)CN1C(=O)S/C(=C\c2cc(Cl)cc(Cl)c2OC)C1=O. The lowest BCUT2D eigenvalue weighted by molar-refractivity contribution is -0.129. The largest absolute Gasteiger partial charge is 0.495 e. The molecule has 1 aromatic carbocycles. The molecule has 1 N–H and O–H groups in total. The van der Waals surface area contributed by atoms with E-state index in [-0.39, 0.29) is 17.4 Å². The van der Waals surface area contributed by atoms with Crippen molar-refractivity contribution in [2.24, 2.45) is 0 Å². The Morgan fingerprint density at radius 2 is 2.08 bits per heavy atom. The van der Waals surface area contributed by atoms with E-state index in [0.717, 1.165) is 23.1 Å². The molecule has 134 valence electrons. The molecule has 25 heavy (non-hydrogen) atoms. The van der Waals surface area contributed by atoms with Crippen LogP contribution in [0.15, 0.2) is 17.0 Å². The Morgan fingerprint density at radius 1 is 1.36 bits per heavy atom. The molecule has 0 unspecified atom stereocenters. The number of nitrogens with one attached hydrogen (secondary N) is 1. The summed E-state index contributed by atoms with van der Waals surface area (Å²) in [4.78, 5) is 37.3. The highest BCUT2D eigenvalue weighted by Gasteiger charge is 2.36. The maximum atomic E-state index is 12.4. The van der Waals surface area contributed by atoms with E-state index in [0.29, 0.717) is 27.9 Å². The fourth-order valence-corrected chi connectivity index (χ4v) is 3.56. The van der Waals surface area contributed by atoms with Crippen molar-refractivity contribution in [1.82, 2.24) is 10.2 Å². The number of amides is 3. The van der Waals surface area contributed by atoms with Gasteiger partial charge in [0, 0.05) is 17.1 Å². The summed E-state index contributed by atoms with van der Waals surface area (Å²) in [5, 5.41) is 2.79. The molecule has 0 saturated carbocycles. The number of rotatable bonds is 6. The summed E-state index contributed by atoms with van der Waals surface area (Å²) >= 11 is 12.8. The van der Waals surface area contributed by atoms with E-state index in [1.807, 2.05) is 6.92 Å². The van der Waals surface area contributed by atoms with Gasteiger partial charge in [-0.3, -0.25) is 19.3 Å². The average Bonchev–Trinajstić information content (AvgIpc) is 2.80. The van der Waals surface area contributed by atoms with E-state index in [2.05, 4.69) is 5.32 Å². The van der Waals surface area contributed by atoms with E-state index >= 15 is 0 Å². The maximum absolute atomic E-state index is 12.4. The summed E-state index contributed by atoms with van der Waals surface area (Å²) in [6.45, 7) is 2.09. The zero-order valence-corrected chi connectivity index (χ0v) is 15.9. The van der Waals surface area contributed by atoms with E-state index in [1.54, 1.807) is 6.07 Å². The highest BCUT2D eigenvalue weighted by atomic mass is 35.5. The molecule has 1 saturated heterocycles. The molecule has 0 bridgehead atoms. The zero-order valence-electron chi connectivity index (χ0n) is 13.6. The minimum atomic E-state index is -0.542. The summed E-state index contributed by atoms with van der Waals surface area (Å²) < 4.78 is 5.22. The summed E-state index contributed by atoms with van der Waals surface area (Å²) in [6, 6.07) is 3.09. The first-order valence-electron chi connectivity index (χ1n) is 7.42. The van der Waals surface area contributed by atoms with Crippen LogP contribution in [0, 0.1) is 0 Å². The van der Waals surface area contributed by atoms with Gasteiger partial charge in [0.2, 0.25) is 5.91 Å². The van der Waals surface area contributed by atoms with Gasteiger partial charge in [-0.1, -0.05) is 30.1 Å². The van der Waals surface area contributed by atoms with Crippen LogP contribution in [0.25, 0.3) is 6.08 Å². The Balaban J connectivity index is 2.25. The fraction of sp³-hybridized carbons (Fsp3) is 0.312. The molecule has 0 radical (unpaired) electrons. The Hall–Kier alpha value is -1.70. The highest BCUT2D eigenvalue weighted by molar-refractivity contribution is 8.18. The molecule has 0 aliphatic carbocycles. The van der Waals surface area contributed by atoms with E-state index in [4.69, 9.17) is 27.9 Å². The monoisotopic (exact) mass is 402 g/mol. The highest BCUT2D eigenvalue weighted by Crippen LogP contribution is 2.37. The number of carbonyl (C=O) groups is 3. The average molecular weight is 403 g/mol. The molecule has 0 aromatic heterocycles. The van der Waals surface area contributed by atoms with Gasteiger partial charge in [-0.15, -0.1) is 0 Å². The Labute approximate surface area is 159 Å². The fourth-order valence-electron chi connectivity index (χ4n) is 2.14. The van der Waals surface area contributed by atoms with E-state index in [9.17, 15) is 14.4 Å². The molecule has 3 amide bonds. The molecule has 1 heterocycles. The second-order valence-electron chi connectivity index (χ2n) is 5.13. The van der Waals surface area contributed by atoms with E-state index in [1.165, 1.54) is 19.3 Å². The van der Waals surface area contributed by atoms with Crippen molar-refractivity contribution in [1.29, 1.82) is 0 Å². The Morgan fingerprint density at radius 3 is 2.72 bits per heavy atom. The van der Waals surface area contributed by atoms with Crippen LogP contribution in [-0.4, -0.2) is 42.2 Å². The Bertz CT molecular complexity index is 752. The molecule has 1 aromatic rings. The normalized spacial score (nSPS) is 15.8. The first-order chi connectivity index (χ1) is 11.9. The third kappa shape index (κ3) is 4.68. The number of methoxy groups -OCH3 is 1. The molecular formula is C16H16Cl2N2O4S. The van der Waals surface area contributed by atoms with Crippen molar-refractivity contribution in [3.05, 3.63) is 32.6 Å². The van der Waals surface area contributed by atoms with Crippen LogP contribution in [0.3, 0.4) is 0 Å². The number of carbonyl (C=O) groups excluding carboxylic acids is 3. The van der Waals surface area contributed by atoms with Crippen LogP contribution in [0.2, 0.25) is 10.0 Å². The van der Waals surface area contributed by atoms with Gasteiger partial charge >= 0.3 is 0 Å². The lowest BCUT2D eigenvalue weighted by Crippen LogP contribution is -2.39. The molecule has 1 aliphatic heterocycles. The van der Waals surface area contributed by atoms with Crippen LogP contribution in [0.5, 0.6) is 5.75 Å². The van der Waals surface area contributed by atoms with Gasteiger partial charge in [-0.25, -0.2) is 0 Å². The summed E-state index contributed by atoms with van der Waals surface area (Å²) in [7, 11) is 1.44. The van der Waals surface area contributed by atoms with Crippen LogP contribution >= 0.6 is 35.0 Å². The number of nitrogens with zero attached hydrogens (tertiary/aromatic N) is 1. The van der Waals surface area contributed by atoms with Gasteiger partial charge in [0.25, 0.3) is 11.1 Å². The first kappa shape index (κ1) is 19.6. The smallest absolute Gasteiger partial charge is 0.294 e. The van der Waals surface area contributed by atoms with Crippen molar-refractivity contribution in [3.63, 3.8) is 0 Å². The molecule has 9 heteroatoms. The molecule has 2 rings (SSSR count). The molecule has 1 aliphatic rings. The number of halogens is 2. The van der Waals surface area contributed by atoms with Crippen LogP contribution < -0.4 is 10.1 Å².